The van der Waals surface area contributed by atoms with E-state index >= 15 is 0 Å². The topological polar surface area (TPSA) is 69.6 Å². The molecule has 0 saturated heterocycles. The molecule has 0 aliphatic carbocycles. The molecule has 0 saturated carbocycles. The van der Waals surface area contributed by atoms with Gasteiger partial charge in [-0.05, 0) is 50.2 Å². The van der Waals surface area contributed by atoms with Crippen molar-refractivity contribution in [3.05, 3.63) is 163 Å². The Morgan fingerprint density at radius 3 is 1.52 bits per heavy atom. The van der Waals surface area contributed by atoms with Crippen molar-refractivity contribution in [1.29, 1.82) is 0 Å². The van der Waals surface area contributed by atoms with Gasteiger partial charge in [-0.1, -0.05) is 120 Å². The van der Waals surface area contributed by atoms with E-state index in [0.29, 0.717) is 17.5 Å². The number of hydrogen-bond acceptors (Lipinski definition) is 5. The average Bonchev–Trinajstić information content (AvgIpc) is 3.74. The first kappa shape index (κ1) is 29.9. The van der Waals surface area contributed by atoms with E-state index in [4.69, 9.17) is 24.4 Å². The number of para-hydroxylation sites is 2. The highest BCUT2D eigenvalue weighted by Crippen LogP contribution is 2.38. The lowest BCUT2D eigenvalue weighted by Gasteiger charge is -2.09. The summed E-state index contributed by atoms with van der Waals surface area (Å²) < 4.78 is 8.87. The van der Waals surface area contributed by atoms with Crippen LogP contribution in [-0.2, 0) is 0 Å². The molecule has 0 atom stereocenters. The van der Waals surface area contributed by atoms with Crippen molar-refractivity contribution in [1.82, 2.24) is 24.5 Å². The summed E-state index contributed by atoms with van der Waals surface area (Å²) in [7, 11) is 0. The van der Waals surface area contributed by atoms with E-state index in [1.165, 1.54) is 32.9 Å². The highest BCUT2D eigenvalue weighted by atomic mass is 16.3. The van der Waals surface area contributed by atoms with Crippen LogP contribution in [-0.4, -0.2) is 24.5 Å². The molecule has 6 heteroatoms. The first-order chi connectivity index (χ1) is 25.6. The minimum atomic E-state index is 0.611. The molecule has 0 aliphatic heterocycles. The zero-order valence-corrected chi connectivity index (χ0v) is 28.6. The van der Waals surface area contributed by atoms with Crippen molar-refractivity contribution in [2.75, 3.05) is 0 Å². The molecule has 0 aliphatic rings. The molecular weight excluding hydrogens is 639 g/mol. The van der Waals surface area contributed by atoms with Crippen molar-refractivity contribution in [2.45, 2.75) is 13.8 Å². The monoisotopic (exact) mass is 669 g/mol. The third-order valence-electron chi connectivity index (χ3n) is 9.88. The van der Waals surface area contributed by atoms with Gasteiger partial charge in [0, 0.05) is 55.7 Å². The fraction of sp³-hybridized carbons (Fsp3) is 0.0435. The van der Waals surface area contributed by atoms with Crippen LogP contribution in [0, 0.1) is 13.8 Å². The number of pyridine rings is 1. The number of rotatable bonds is 5. The lowest BCUT2D eigenvalue weighted by Crippen LogP contribution is -2.00. The number of furan rings is 1. The summed E-state index contributed by atoms with van der Waals surface area (Å²) in [5.41, 5.74) is 11.9. The molecule has 0 radical (unpaired) electrons. The van der Waals surface area contributed by atoms with Crippen LogP contribution in [0.1, 0.15) is 11.1 Å². The smallest absolute Gasteiger partial charge is 0.164 e. The molecule has 4 heterocycles. The fourth-order valence-corrected chi connectivity index (χ4v) is 7.18. The second-order valence-electron chi connectivity index (χ2n) is 13.3. The van der Waals surface area contributed by atoms with E-state index in [1.54, 1.807) is 0 Å². The maximum absolute atomic E-state index is 6.54. The standard InChI is InChI=1S/C46H31N5O/c1-28-11-15-31(16-12-28)44-48-45(32-17-13-29(2)14-18-32)50-46(49-44)33-21-19-30(20-22-33)42-43-37(25-26-47-42)38-27-34(23-24-41(38)52-43)51-39-9-5-3-7-35(39)36-8-4-6-10-40(36)51/h3-27H,1-2H3. The number of aryl methyl sites for hydroxylation is 2. The van der Waals surface area contributed by atoms with Gasteiger partial charge >= 0.3 is 0 Å². The summed E-state index contributed by atoms with van der Waals surface area (Å²) in [4.78, 5) is 19.6. The third kappa shape index (κ3) is 4.95. The lowest BCUT2D eigenvalue weighted by atomic mass is 10.1. The Balaban J connectivity index is 1.06. The van der Waals surface area contributed by atoms with E-state index in [1.807, 2.05) is 24.4 Å². The summed E-state index contributed by atoms with van der Waals surface area (Å²) in [6.45, 7) is 4.15. The second kappa shape index (κ2) is 11.9. The van der Waals surface area contributed by atoms with Gasteiger partial charge in [-0.2, -0.15) is 0 Å². The summed E-state index contributed by atoms with van der Waals surface area (Å²) in [6.07, 6.45) is 1.86. The molecule has 246 valence electrons. The largest absolute Gasteiger partial charge is 0.454 e. The molecular formula is C46H31N5O. The van der Waals surface area contributed by atoms with Gasteiger partial charge in [0.25, 0.3) is 0 Å². The molecule has 10 rings (SSSR count). The van der Waals surface area contributed by atoms with Gasteiger partial charge in [-0.3, -0.25) is 4.98 Å². The Morgan fingerprint density at radius 1 is 0.462 bits per heavy atom. The summed E-state index contributed by atoms with van der Waals surface area (Å²) >= 11 is 0. The molecule has 0 amide bonds. The minimum Gasteiger partial charge on any atom is -0.454 e. The maximum Gasteiger partial charge on any atom is 0.164 e. The highest BCUT2D eigenvalue weighted by Gasteiger charge is 2.18. The van der Waals surface area contributed by atoms with Gasteiger partial charge in [-0.25, -0.2) is 15.0 Å². The van der Waals surface area contributed by atoms with Crippen molar-refractivity contribution in [3.63, 3.8) is 0 Å². The van der Waals surface area contributed by atoms with Gasteiger partial charge in [0.1, 0.15) is 11.3 Å². The van der Waals surface area contributed by atoms with Gasteiger partial charge < -0.3 is 8.98 Å². The SMILES string of the molecule is Cc1ccc(-c2nc(-c3ccc(C)cc3)nc(-c3ccc(-c4nccc5c4oc4ccc(-n6c7ccccc7c7ccccc76)cc45)cc3)n2)cc1. The molecule has 0 spiro atoms. The Kier molecular flexibility index (Phi) is 6.83. The van der Waals surface area contributed by atoms with Crippen molar-refractivity contribution >= 4 is 43.7 Å². The lowest BCUT2D eigenvalue weighted by molar-refractivity contribution is 0.668. The summed E-state index contributed by atoms with van der Waals surface area (Å²) in [6, 6.07) is 50.4. The highest BCUT2D eigenvalue weighted by molar-refractivity contribution is 6.11. The number of aromatic nitrogens is 5. The molecule has 0 bridgehead atoms. The molecule has 52 heavy (non-hydrogen) atoms. The van der Waals surface area contributed by atoms with Crippen LogP contribution in [0.5, 0.6) is 0 Å². The summed E-state index contributed by atoms with van der Waals surface area (Å²) in [5, 5.41) is 4.54. The van der Waals surface area contributed by atoms with E-state index < -0.39 is 0 Å². The van der Waals surface area contributed by atoms with Crippen molar-refractivity contribution in [3.8, 4) is 51.1 Å². The summed E-state index contributed by atoms with van der Waals surface area (Å²) in [5.74, 6) is 1.89. The second-order valence-corrected chi connectivity index (χ2v) is 13.3. The molecule has 0 N–H and O–H groups in total. The predicted octanol–water partition coefficient (Wildman–Crippen LogP) is 11.5. The van der Waals surface area contributed by atoms with Gasteiger partial charge in [0.2, 0.25) is 0 Å². The Bertz CT molecular complexity index is 2840. The number of fused-ring (bicyclic) bond motifs is 6. The third-order valence-corrected chi connectivity index (χ3v) is 9.88. The maximum atomic E-state index is 6.54. The van der Waals surface area contributed by atoms with Crippen LogP contribution in [0.25, 0.3) is 94.9 Å². The Labute approximate surface area is 299 Å². The van der Waals surface area contributed by atoms with Gasteiger partial charge in [-0.15, -0.1) is 0 Å². The molecule has 0 unspecified atom stereocenters. The molecule has 10 aromatic rings. The van der Waals surface area contributed by atoms with E-state index in [-0.39, 0.29) is 0 Å². The molecule has 0 fully saturated rings. The number of nitrogens with zero attached hydrogens (tertiary/aromatic N) is 5. The van der Waals surface area contributed by atoms with Gasteiger partial charge in [0.15, 0.2) is 23.1 Å². The average molecular weight is 670 g/mol. The van der Waals surface area contributed by atoms with Crippen LogP contribution in [0.3, 0.4) is 0 Å². The quantitative estimate of drug-likeness (QED) is 0.182. The zero-order chi connectivity index (χ0) is 34.8. The van der Waals surface area contributed by atoms with Gasteiger partial charge in [0.05, 0.1) is 11.0 Å². The van der Waals surface area contributed by atoms with E-state index in [9.17, 15) is 0 Å². The molecule has 6 nitrogen and oxygen atoms in total. The molecule has 4 aromatic heterocycles. The minimum absolute atomic E-state index is 0.611. The van der Waals surface area contributed by atoms with Crippen molar-refractivity contribution < 1.29 is 4.42 Å². The van der Waals surface area contributed by atoms with Crippen LogP contribution in [0.2, 0.25) is 0 Å². The zero-order valence-electron chi connectivity index (χ0n) is 28.6. The van der Waals surface area contributed by atoms with Crippen LogP contribution >= 0.6 is 0 Å². The van der Waals surface area contributed by atoms with E-state index in [2.05, 4.69) is 146 Å². The predicted molar refractivity (Wildman–Crippen MR) is 210 cm³/mol. The first-order valence-electron chi connectivity index (χ1n) is 17.4. The van der Waals surface area contributed by atoms with Crippen LogP contribution in [0.4, 0.5) is 0 Å². The number of hydrogen-bond donors (Lipinski definition) is 0. The normalized spacial score (nSPS) is 11.7. The fourth-order valence-electron chi connectivity index (χ4n) is 7.18. The number of benzene rings is 6. The Hall–Kier alpha value is -6.92. The van der Waals surface area contributed by atoms with E-state index in [0.717, 1.165) is 55.6 Å². The van der Waals surface area contributed by atoms with Crippen molar-refractivity contribution in [2.24, 2.45) is 0 Å². The first-order valence-corrected chi connectivity index (χ1v) is 17.4. The van der Waals surface area contributed by atoms with Crippen LogP contribution in [0.15, 0.2) is 156 Å². The molecule has 6 aromatic carbocycles. The Morgan fingerprint density at radius 2 is 0.962 bits per heavy atom. The van der Waals surface area contributed by atoms with Crippen LogP contribution < -0.4 is 0 Å².